The molecule has 1 saturated heterocycles. The molecular formula is C28H31FN6O2S2. The molecule has 0 bridgehead atoms. The van der Waals surface area contributed by atoms with E-state index in [1.165, 1.54) is 11.3 Å². The standard InChI is InChI=1S/C28H31FN6O2S2/c1-16-23(29)24(35-39(36)19-8-5-9-19)20-10-3-4-11-21(20)25(16)37-27-26(38-17(2)32-27)22-12-14-31-28(34-22)33-18-7-6-13-30-15-18/h3-4,10-12,14,18-19,30,35H,5-9,13,15H2,1-2H3,(H,31,33,34). The lowest BCUT2D eigenvalue weighted by Gasteiger charge is -2.25. The van der Waals surface area contributed by atoms with Crippen LogP contribution in [-0.4, -0.2) is 43.5 Å². The second-order valence-electron chi connectivity index (χ2n) is 10.1. The predicted molar refractivity (Wildman–Crippen MR) is 156 cm³/mol. The summed E-state index contributed by atoms with van der Waals surface area (Å²) in [6, 6.07) is 9.54. The number of nitrogens with one attached hydrogen (secondary N) is 3. The summed E-state index contributed by atoms with van der Waals surface area (Å²) in [4.78, 5) is 14.6. The second-order valence-corrected chi connectivity index (χ2v) is 12.7. The molecule has 2 aliphatic rings. The van der Waals surface area contributed by atoms with Gasteiger partial charge in [0, 0.05) is 35.1 Å². The number of aromatic nitrogens is 3. The Morgan fingerprint density at radius 3 is 2.67 bits per heavy atom. The van der Waals surface area contributed by atoms with Crippen LogP contribution in [0.1, 0.15) is 42.7 Å². The number of hydrogen-bond acceptors (Lipinski definition) is 8. The van der Waals surface area contributed by atoms with Gasteiger partial charge < -0.3 is 20.1 Å². The number of aryl methyl sites for hydroxylation is 1. The number of nitrogens with zero attached hydrogens (tertiary/aromatic N) is 3. The number of fused-ring (bicyclic) bond motifs is 1. The molecule has 39 heavy (non-hydrogen) atoms. The van der Waals surface area contributed by atoms with Crippen LogP contribution in [0.15, 0.2) is 36.5 Å². The highest BCUT2D eigenvalue weighted by Gasteiger charge is 2.27. The van der Waals surface area contributed by atoms with E-state index in [9.17, 15) is 4.21 Å². The van der Waals surface area contributed by atoms with Crippen LogP contribution in [0.25, 0.3) is 21.3 Å². The van der Waals surface area contributed by atoms with Gasteiger partial charge in [-0.25, -0.2) is 23.6 Å². The Bertz CT molecular complexity index is 1530. The number of piperidine rings is 1. The molecule has 4 aromatic rings. The molecule has 11 heteroatoms. The summed E-state index contributed by atoms with van der Waals surface area (Å²) in [5.74, 6) is 0.837. The topological polar surface area (TPSA) is 101 Å². The van der Waals surface area contributed by atoms with E-state index >= 15 is 4.39 Å². The first-order chi connectivity index (χ1) is 19.0. The molecule has 2 atom stereocenters. The van der Waals surface area contributed by atoms with Gasteiger partial charge in [0.15, 0.2) is 5.82 Å². The zero-order valence-corrected chi connectivity index (χ0v) is 23.6. The minimum Gasteiger partial charge on any atom is -0.436 e. The van der Waals surface area contributed by atoms with Gasteiger partial charge in [-0.3, -0.25) is 0 Å². The highest BCUT2D eigenvalue weighted by Crippen LogP contribution is 2.44. The molecule has 0 radical (unpaired) electrons. The molecule has 0 amide bonds. The molecule has 6 rings (SSSR count). The largest absolute Gasteiger partial charge is 0.436 e. The van der Waals surface area contributed by atoms with Crippen molar-refractivity contribution in [3.05, 3.63) is 52.9 Å². The number of halogens is 1. The van der Waals surface area contributed by atoms with Crippen LogP contribution < -0.4 is 20.1 Å². The minimum absolute atomic E-state index is 0.0570. The summed E-state index contributed by atoms with van der Waals surface area (Å²) < 4.78 is 38.0. The average Bonchev–Trinajstić information content (AvgIpc) is 3.29. The summed E-state index contributed by atoms with van der Waals surface area (Å²) in [6.07, 6.45) is 6.74. The maximum atomic E-state index is 15.8. The highest BCUT2D eigenvalue weighted by atomic mass is 32.2. The number of anilines is 2. The first-order valence-corrected chi connectivity index (χ1v) is 15.3. The minimum atomic E-state index is -1.34. The first-order valence-electron chi connectivity index (χ1n) is 13.3. The average molecular weight is 567 g/mol. The maximum absolute atomic E-state index is 15.8. The molecule has 2 aromatic heterocycles. The van der Waals surface area contributed by atoms with Gasteiger partial charge in [-0.1, -0.05) is 30.7 Å². The molecule has 3 N–H and O–H groups in total. The lowest BCUT2D eigenvalue weighted by Crippen LogP contribution is -2.38. The maximum Gasteiger partial charge on any atom is 0.240 e. The Labute approximate surface area is 233 Å². The highest BCUT2D eigenvalue weighted by molar-refractivity contribution is 7.87. The third kappa shape index (κ3) is 5.35. The molecule has 204 valence electrons. The van der Waals surface area contributed by atoms with Gasteiger partial charge in [-0.05, 0) is 52.1 Å². The fraction of sp³-hybridized carbons (Fsp3) is 0.393. The van der Waals surface area contributed by atoms with Gasteiger partial charge in [0.2, 0.25) is 11.8 Å². The van der Waals surface area contributed by atoms with E-state index < -0.39 is 16.8 Å². The van der Waals surface area contributed by atoms with Gasteiger partial charge in [0.1, 0.15) is 21.6 Å². The van der Waals surface area contributed by atoms with Crippen molar-refractivity contribution >= 4 is 44.7 Å². The Hall–Kier alpha value is -3.15. The van der Waals surface area contributed by atoms with Gasteiger partial charge in [0.05, 0.1) is 21.6 Å². The van der Waals surface area contributed by atoms with Crippen molar-refractivity contribution in [1.82, 2.24) is 20.3 Å². The normalized spacial score (nSPS) is 18.5. The van der Waals surface area contributed by atoms with E-state index in [0.717, 1.165) is 60.5 Å². The van der Waals surface area contributed by atoms with Crippen molar-refractivity contribution < 1.29 is 13.3 Å². The summed E-state index contributed by atoms with van der Waals surface area (Å²) in [5, 5.41) is 9.02. The number of rotatable bonds is 8. The quantitative estimate of drug-likeness (QED) is 0.237. The van der Waals surface area contributed by atoms with Crippen LogP contribution in [-0.2, 0) is 11.0 Å². The van der Waals surface area contributed by atoms with E-state index in [1.54, 1.807) is 13.1 Å². The molecule has 0 spiro atoms. The van der Waals surface area contributed by atoms with Crippen molar-refractivity contribution in [2.24, 2.45) is 0 Å². The monoisotopic (exact) mass is 566 g/mol. The SMILES string of the molecule is Cc1nc(Oc2c(C)c(F)c(NS(=O)C3CCC3)c3ccccc23)c(-c2ccnc(NC3CCCNC3)n2)s1. The third-order valence-corrected chi connectivity index (χ3v) is 9.76. The van der Waals surface area contributed by atoms with Crippen LogP contribution >= 0.6 is 11.3 Å². The van der Waals surface area contributed by atoms with E-state index in [2.05, 4.69) is 25.3 Å². The van der Waals surface area contributed by atoms with Crippen LogP contribution in [0.2, 0.25) is 0 Å². The lowest BCUT2D eigenvalue weighted by molar-refractivity contribution is 0.463. The van der Waals surface area contributed by atoms with Crippen LogP contribution in [0.4, 0.5) is 16.0 Å². The molecule has 8 nitrogen and oxygen atoms in total. The Balaban J connectivity index is 1.34. The molecule has 2 aromatic carbocycles. The zero-order valence-electron chi connectivity index (χ0n) is 21.9. The number of hydrogen-bond donors (Lipinski definition) is 3. The van der Waals surface area contributed by atoms with E-state index in [1.807, 2.05) is 37.3 Å². The molecule has 1 aliphatic carbocycles. The van der Waals surface area contributed by atoms with Crippen molar-refractivity contribution in [2.45, 2.75) is 57.2 Å². The summed E-state index contributed by atoms with van der Waals surface area (Å²) in [6.45, 7) is 5.49. The smallest absolute Gasteiger partial charge is 0.240 e. The van der Waals surface area contributed by atoms with E-state index in [4.69, 9.17) is 9.72 Å². The zero-order chi connectivity index (χ0) is 26.9. The van der Waals surface area contributed by atoms with Crippen LogP contribution in [0.5, 0.6) is 11.6 Å². The first kappa shape index (κ1) is 26.1. The van der Waals surface area contributed by atoms with Crippen LogP contribution in [0, 0.1) is 19.7 Å². The van der Waals surface area contributed by atoms with E-state index in [0.29, 0.717) is 34.2 Å². The number of ether oxygens (including phenoxy) is 1. The number of thiazole rings is 1. The summed E-state index contributed by atoms with van der Waals surface area (Å²) >= 11 is 1.47. The van der Waals surface area contributed by atoms with Gasteiger partial charge >= 0.3 is 0 Å². The van der Waals surface area contributed by atoms with Gasteiger partial charge in [-0.15, -0.1) is 11.3 Å². The Kier molecular flexibility index (Phi) is 7.46. The van der Waals surface area contributed by atoms with Crippen molar-refractivity contribution in [2.75, 3.05) is 23.1 Å². The Morgan fingerprint density at radius 2 is 1.92 bits per heavy atom. The van der Waals surface area contributed by atoms with Crippen LogP contribution in [0.3, 0.4) is 0 Å². The van der Waals surface area contributed by atoms with Crippen molar-refractivity contribution in [1.29, 1.82) is 0 Å². The third-order valence-electron chi connectivity index (χ3n) is 7.31. The molecule has 2 fully saturated rings. The fourth-order valence-corrected chi connectivity index (χ4v) is 7.10. The molecular weight excluding hydrogens is 535 g/mol. The van der Waals surface area contributed by atoms with E-state index in [-0.39, 0.29) is 17.0 Å². The number of benzene rings is 2. The molecule has 3 heterocycles. The molecule has 1 saturated carbocycles. The fourth-order valence-electron chi connectivity index (χ4n) is 4.95. The molecule has 1 aliphatic heterocycles. The second kappa shape index (κ2) is 11.1. The summed E-state index contributed by atoms with van der Waals surface area (Å²) in [5.41, 5.74) is 1.26. The lowest BCUT2D eigenvalue weighted by atomic mass is 10.0. The van der Waals surface area contributed by atoms with Crippen molar-refractivity contribution in [3.8, 4) is 22.2 Å². The predicted octanol–water partition coefficient (Wildman–Crippen LogP) is 6.09. The van der Waals surface area contributed by atoms with Gasteiger partial charge in [0.25, 0.3) is 0 Å². The Morgan fingerprint density at radius 1 is 1.10 bits per heavy atom. The van der Waals surface area contributed by atoms with Crippen molar-refractivity contribution in [3.63, 3.8) is 0 Å². The summed E-state index contributed by atoms with van der Waals surface area (Å²) in [7, 11) is -1.34. The van der Waals surface area contributed by atoms with Gasteiger partial charge in [-0.2, -0.15) is 0 Å². The molecule has 2 unspecified atom stereocenters.